The molecule has 1 aromatic rings. The summed E-state index contributed by atoms with van der Waals surface area (Å²) in [6.07, 6.45) is 12.8. The molecule has 3 amide bonds. The van der Waals surface area contributed by atoms with Crippen LogP contribution in [0.2, 0.25) is 0 Å². The molecule has 0 radical (unpaired) electrons. The molecule has 4 atom stereocenters. The minimum Gasteiger partial charge on any atom is -0.349 e. The van der Waals surface area contributed by atoms with Gasteiger partial charge in [0, 0.05) is 34.8 Å². The van der Waals surface area contributed by atoms with Crippen LogP contribution in [-0.4, -0.2) is 29.8 Å². The number of carbonyl (C=O) groups is 3. The van der Waals surface area contributed by atoms with E-state index in [0.29, 0.717) is 28.7 Å². The maximum Gasteiger partial charge on any atom is 0.251 e. The molecule has 0 spiro atoms. The molecule has 6 heteroatoms. The van der Waals surface area contributed by atoms with E-state index in [4.69, 9.17) is 0 Å². The third kappa shape index (κ3) is 6.19. The van der Waals surface area contributed by atoms with E-state index in [1.54, 1.807) is 18.2 Å². The minimum absolute atomic E-state index is 0.0109. The van der Waals surface area contributed by atoms with Crippen LogP contribution in [0.4, 0.5) is 5.69 Å². The van der Waals surface area contributed by atoms with Gasteiger partial charge in [0.1, 0.15) is 0 Å². The molecule has 0 aliphatic heterocycles. The Balaban J connectivity index is 1.54. The summed E-state index contributed by atoms with van der Waals surface area (Å²) >= 11 is 0. The van der Waals surface area contributed by atoms with Crippen LogP contribution in [0, 0.1) is 17.8 Å². The van der Waals surface area contributed by atoms with Gasteiger partial charge in [-0.3, -0.25) is 14.4 Å². The average molecular weight is 468 g/mol. The van der Waals surface area contributed by atoms with E-state index in [9.17, 15) is 14.4 Å². The molecule has 4 unspecified atom stereocenters. The Morgan fingerprint density at radius 3 is 1.56 bits per heavy atom. The van der Waals surface area contributed by atoms with Crippen molar-refractivity contribution in [2.75, 3.05) is 5.32 Å². The van der Waals surface area contributed by atoms with Gasteiger partial charge in [0.25, 0.3) is 11.8 Å². The molecule has 34 heavy (non-hydrogen) atoms. The van der Waals surface area contributed by atoms with E-state index in [-0.39, 0.29) is 35.7 Å². The molecule has 0 aromatic heterocycles. The normalized spacial score (nSPS) is 27.7. The van der Waals surface area contributed by atoms with Crippen LogP contribution in [0.25, 0.3) is 0 Å². The lowest BCUT2D eigenvalue weighted by Crippen LogP contribution is -2.42. The first-order valence-electron chi connectivity index (χ1n) is 13.5. The van der Waals surface area contributed by atoms with Crippen molar-refractivity contribution in [1.29, 1.82) is 0 Å². The molecule has 0 saturated heterocycles. The summed E-state index contributed by atoms with van der Waals surface area (Å²) in [6.45, 7) is 4.37. The quantitative estimate of drug-likeness (QED) is 0.521. The first-order chi connectivity index (χ1) is 16.4. The van der Waals surface area contributed by atoms with Crippen LogP contribution in [0.1, 0.15) is 112 Å². The summed E-state index contributed by atoms with van der Waals surface area (Å²) in [7, 11) is 0. The monoisotopic (exact) mass is 467 g/mol. The molecule has 0 heterocycles. The maximum absolute atomic E-state index is 13.2. The zero-order chi connectivity index (χ0) is 24.1. The van der Waals surface area contributed by atoms with Crippen molar-refractivity contribution in [3.05, 3.63) is 29.3 Å². The highest BCUT2D eigenvalue weighted by Gasteiger charge is 2.27. The summed E-state index contributed by atoms with van der Waals surface area (Å²) < 4.78 is 0. The Hall–Kier alpha value is -2.37. The highest BCUT2D eigenvalue weighted by molar-refractivity contribution is 6.03. The number of rotatable bonds is 6. The van der Waals surface area contributed by atoms with Gasteiger partial charge in [-0.1, -0.05) is 52.4 Å². The van der Waals surface area contributed by atoms with Crippen molar-refractivity contribution < 1.29 is 14.4 Å². The van der Waals surface area contributed by atoms with Gasteiger partial charge in [0.15, 0.2) is 0 Å². The molecule has 186 valence electrons. The fourth-order valence-electron chi connectivity index (χ4n) is 5.96. The lowest BCUT2D eigenvalue weighted by Gasteiger charge is -2.30. The predicted octanol–water partition coefficient (Wildman–Crippen LogP) is 5.43. The van der Waals surface area contributed by atoms with E-state index in [1.807, 2.05) is 0 Å². The smallest absolute Gasteiger partial charge is 0.251 e. The van der Waals surface area contributed by atoms with Gasteiger partial charge in [-0.25, -0.2) is 0 Å². The van der Waals surface area contributed by atoms with Gasteiger partial charge < -0.3 is 16.0 Å². The molecule has 0 bridgehead atoms. The highest BCUT2D eigenvalue weighted by atomic mass is 16.2. The summed E-state index contributed by atoms with van der Waals surface area (Å²) in [5.74, 6) is 0.549. The molecule has 1 aromatic carbocycles. The molecule has 3 N–H and O–H groups in total. The SMILES string of the molecule is CC1CCCCC1NC(=O)c1cc(NC(=O)C2CCCC2)cc(C(=O)NC2CCCCC2C)c1. The molecule has 4 rings (SSSR count). The van der Waals surface area contributed by atoms with Gasteiger partial charge >= 0.3 is 0 Å². The minimum atomic E-state index is -0.171. The third-order valence-electron chi connectivity index (χ3n) is 8.31. The molecular formula is C28H41N3O3. The summed E-state index contributed by atoms with van der Waals surface area (Å²) in [5, 5.41) is 9.38. The number of anilines is 1. The zero-order valence-corrected chi connectivity index (χ0v) is 20.8. The largest absolute Gasteiger partial charge is 0.349 e. The number of hydrogen-bond donors (Lipinski definition) is 3. The third-order valence-corrected chi connectivity index (χ3v) is 8.31. The van der Waals surface area contributed by atoms with Crippen molar-refractivity contribution in [1.82, 2.24) is 10.6 Å². The second kappa shape index (κ2) is 11.4. The topological polar surface area (TPSA) is 87.3 Å². The second-order valence-corrected chi connectivity index (χ2v) is 11.0. The van der Waals surface area contributed by atoms with Crippen molar-refractivity contribution in [3.8, 4) is 0 Å². The molecule has 3 aliphatic rings. The van der Waals surface area contributed by atoms with Crippen LogP contribution in [0.5, 0.6) is 0 Å². The van der Waals surface area contributed by atoms with E-state index >= 15 is 0 Å². The Kier molecular flexibility index (Phi) is 8.28. The molecular weight excluding hydrogens is 426 g/mol. The van der Waals surface area contributed by atoms with Gasteiger partial charge in [0.05, 0.1) is 0 Å². The molecule has 3 aliphatic carbocycles. The first-order valence-corrected chi connectivity index (χ1v) is 13.5. The lowest BCUT2D eigenvalue weighted by molar-refractivity contribution is -0.119. The van der Waals surface area contributed by atoms with Crippen molar-refractivity contribution >= 4 is 23.4 Å². The standard InChI is InChI=1S/C28H41N3O3/c1-18-9-3-7-13-24(18)30-27(33)21-15-22(28(34)31-25-14-8-4-10-19(25)2)17-23(16-21)29-26(32)20-11-5-6-12-20/h15-20,24-25H,3-14H2,1-2H3,(H,29,32)(H,30,33)(H,31,34). The number of carbonyl (C=O) groups excluding carboxylic acids is 3. The molecule has 3 saturated carbocycles. The zero-order valence-electron chi connectivity index (χ0n) is 20.8. The number of nitrogens with one attached hydrogen (secondary N) is 3. The number of amides is 3. The lowest BCUT2D eigenvalue weighted by atomic mass is 9.85. The first kappa shape index (κ1) is 24.7. The van der Waals surface area contributed by atoms with Crippen LogP contribution in [-0.2, 0) is 4.79 Å². The van der Waals surface area contributed by atoms with Crippen LogP contribution in [0.3, 0.4) is 0 Å². The van der Waals surface area contributed by atoms with Crippen molar-refractivity contribution in [2.45, 2.75) is 103 Å². The van der Waals surface area contributed by atoms with E-state index in [0.717, 1.165) is 64.2 Å². The van der Waals surface area contributed by atoms with Gasteiger partial charge in [-0.2, -0.15) is 0 Å². The summed E-state index contributed by atoms with van der Waals surface area (Å²) in [6, 6.07) is 5.42. The maximum atomic E-state index is 13.2. The van der Waals surface area contributed by atoms with Crippen LogP contribution in [0.15, 0.2) is 18.2 Å². The van der Waals surface area contributed by atoms with E-state index < -0.39 is 0 Å². The van der Waals surface area contributed by atoms with Gasteiger partial charge in [-0.15, -0.1) is 0 Å². The fourth-order valence-corrected chi connectivity index (χ4v) is 5.96. The van der Waals surface area contributed by atoms with Crippen molar-refractivity contribution in [2.24, 2.45) is 17.8 Å². The average Bonchev–Trinajstić information content (AvgIpc) is 3.37. The number of hydrogen-bond acceptors (Lipinski definition) is 3. The molecule has 3 fully saturated rings. The van der Waals surface area contributed by atoms with Crippen LogP contribution >= 0.6 is 0 Å². The van der Waals surface area contributed by atoms with Gasteiger partial charge in [-0.05, 0) is 68.6 Å². The Morgan fingerprint density at radius 2 is 1.09 bits per heavy atom. The molecule has 6 nitrogen and oxygen atoms in total. The fraction of sp³-hybridized carbons (Fsp3) is 0.679. The Labute approximate surface area is 204 Å². The Morgan fingerprint density at radius 1 is 0.647 bits per heavy atom. The van der Waals surface area contributed by atoms with E-state index in [2.05, 4.69) is 29.8 Å². The number of benzene rings is 1. The second-order valence-electron chi connectivity index (χ2n) is 11.0. The van der Waals surface area contributed by atoms with Crippen molar-refractivity contribution in [3.63, 3.8) is 0 Å². The summed E-state index contributed by atoms with van der Waals surface area (Å²) in [4.78, 5) is 39.2. The summed E-state index contributed by atoms with van der Waals surface area (Å²) in [5.41, 5.74) is 1.40. The highest BCUT2D eigenvalue weighted by Crippen LogP contribution is 2.28. The van der Waals surface area contributed by atoms with Gasteiger partial charge in [0.2, 0.25) is 5.91 Å². The van der Waals surface area contributed by atoms with E-state index in [1.165, 1.54) is 12.8 Å². The predicted molar refractivity (Wildman–Crippen MR) is 135 cm³/mol. The Bertz CT molecular complexity index is 839. The van der Waals surface area contributed by atoms with Crippen LogP contribution < -0.4 is 16.0 Å².